The van der Waals surface area contributed by atoms with E-state index in [1.54, 1.807) is 31.2 Å². The first-order valence-electron chi connectivity index (χ1n) is 6.81. The maximum Gasteiger partial charge on any atom is 0.344 e. The van der Waals surface area contributed by atoms with E-state index in [4.69, 9.17) is 31.5 Å². The monoisotopic (exact) mass is 339 g/mol. The highest BCUT2D eigenvalue weighted by Gasteiger charge is 2.12. The van der Waals surface area contributed by atoms with Crippen molar-refractivity contribution in [3.8, 4) is 17.2 Å². The highest BCUT2D eigenvalue weighted by Crippen LogP contribution is 2.36. The van der Waals surface area contributed by atoms with Crippen molar-refractivity contribution in [3.63, 3.8) is 0 Å². The van der Waals surface area contributed by atoms with Crippen molar-refractivity contribution in [1.82, 2.24) is 0 Å². The third-order valence-corrected chi connectivity index (χ3v) is 3.07. The summed E-state index contributed by atoms with van der Waals surface area (Å²) in [5, 5.41) is 0.0666. The number of ether oxygens (including phenoxy) is 3. The maximum atomic E-state index is 13.3. The molecule has 2 aromatic carbocycles. The number of nitrogen functional groups attached to an aromatic ring is 1. The molecule has 0 saturated carbocycles. The van der Waals surface area contributed by atoms with E-state index < -0.39 is 11.8 Å². The van der Waals surface area contributed by atoms with Gasteiger partial charge in [0.25, 0.3) is 0 Å². The summed E-state index contributed by atoms with van der Waals surface area (Å²) in [4.78, 5) is 11.4. The number of nitrogens with two attached hydrogens (primary N) is 1. The molecule has 122 valence electrons. The summed E-state index contributed by atoms with van der Waals surface area (Å²) in [6.45, 7) is 1.72. The van der Waals surface area contributed by atoms with Crippen molar-refractivity contribution in [2.75, 3.05) is 18.9 Å². The minimum absolute atomic E-state index is 0.0666. The molecule has 23 heavy (non-hydrogen) atoms. The number of carbonyl (C=O) groups excluding carboxylic acids is 1. The molecular formula is C16H15ClFNO4. The van der Waals surface area contributed by atoms with Gasteiger partial charge in [0.2, 0.25) is 0 Å². The number of esters is 1. The molecule has 0 aliphatic rings. The van der Waals surface area contributed by atoms with Gasteiger partial charge in [-0.2, -0.15) is 0 Å². The number of hydrogen-bond donors (Lipinski definition) is 1. The number of benzene rings is 2. The normalized spacial score (nSPS) is 10.2. The molecule has 0 amide bonds. The number of hydrogen-bond acceptors (Lipinski definition) is 5. The Balaban J connectivity index is 2.17. The van der Waals surface area contributed by atoms with Crippen LogP contribution in [0.2, 0.25) is 5.02 Å². The van der Waals surface area contributed by atoms with Crippen molar-refractivity contribution in [3.05, 3.63) is 47.2 Å². The van der Waals surface area contributed by atoms with E-state index in [9.17, 15) is 9.18 Å². The lowest BCUT2D eigenvalue weighted by Gasteiger charge is -2.13. The highest BCUT2D eigenvalue weighted by molar-refractivity contribution is 6.32. The van der Waals surface area contributed by atoms with E-state index in [1.807, 2.05) is 0 Å². The molecular weight excluding hydrogens is 325 g/mol. The fourth-order valence-electron chi connectivity index (χ4n) is 1.73. The zero-order valence-corrected chi connectivity index (χ0v) is 13.1. The Bertz CT molecular complexity index is 708. The maximum absolute atomic E-state index is 13.3. The lowest BCUT2D eigenvalue weighted by atomic mass is 10.3. The van der Waals surface area contributed by atoms with Gasteiger partial charge in [-0.3, -0.25) is 0 Å². The molecule has 0 aliphatic heterocycles. The van der Waals surface area contributed by atoms with E-state index in [1.165, 1.54) is 6.07 Å². The van der Waals surface area contributed by atoms with Crippen LogP contribution in [0.3, 0.4) is 0 Å². The molecule has 7 heteroatoms. The average molecular weight is 340 g/mol. The molecule has 0 saturated heterocycles. The fraction of sp³-hybridized carbons (Fsp3) is 0.188. The Morgan fingerprint density at radius 2 is 1.91 bits per heavy atom. The number of rotatable bonds is 6. The summed E-state index contributed by atoms with van der Waals surface area (Å²) in [7, 11) is 0. The summed E-state index contributed by atoms with van der Waals surface area (Å²) in [6, 6.07) is 9.02. The highest BCUT2D eigenvalue weighted by atomic mass is 35.5. The predicted molar refractivity (Wildman–Crippen MR) is 84.5 cm³/mol. The van der Waals surface area contributed by atoms with E-state index in [-0.39, 0.29) is 29.7 Å². The van der Waals surface area contributed by atoms with Crippen LogP contribution < -0.4 is 15.2 Å². The Labute approximate surface area is 137 Å². The first-order chi connectivity index (χ1) is 11.0. The van der Waals surface area contributed by atoms with Crippen molar-refractivity contribution in [1.29, 1.82) is 0 Å². The standard InChI is InChI=1S/C16H15ClFNO4/c1-2-21-16(20)9-22-13-5-3-4-6-14(13)23-15-8-12(19)11(18)7-10(15)17/h3-8H,2,9,19H2,1H3. The molecule has 0 aromatic heterocycles. The molecule has 0 radical (unpaired) electrons. The van der Waals surface area contributed by atoms with Crippen LogP contribution in [0.5, 0.6) is 17.2 Å². The number of para-hydroxylation sites is 2. The van der Waals surface area contributed by atoms with Crippen molar-refractivity contribution >= 4 is 23.3 Å². The molecule has 0 atom stereocenters. The fourth-order valence-corrected chi connectivity index (χ4v) is 1.92. The van der Waals surface area contributed by atoms with Crippen molar-refractivity contribution in [2.45, 2.75) is 6.92 Å². The van der Waals surface area contributed by atoms with Gasteiger partial charge < -0.3 is 19.9 Å². The zero-order chi connectivity index (χ0) is 16.8. The minimum atomic E-state index is -0.630. The third-order valence-electron chi connectivity index (χ3n) is 2.77. The van der Waals surface area contributed by atoms with Gasteiger partial charge in [-0.15, -0.1) is 0 Å². The van der Waals surface area contributed by atoms with Gasteiger partial charge in [0.15, 0.2) is 18.1 Å². The van der Waals surface area contributed by atoms with E-state index >= 15 is 0 Å². The van der Waals surface area contributed by atoms with Gasteiger partial charge in [0.05, 0.1) is 17.3 Å². The molecule has 0 spiro atoms. The second-order valence-corrected chi connectivity index (χ2v) is 4.85. The number of halogens is 2. The summed E-state index contributed by atoms with van der Waals surface area (Å²) < 4.78 is 29.1. The Kier molecular flexibility index (Phi) is 5.65. The Morgan fingerprint density at radius 1 is 1.22 bits per heavy atom. The molecule has 0 fully saturated rings. The average Bonchev–Trinajstić information content (AvgIpc) is 2.52. The molecule has 0 unspecified atom stereocenters. The second kappa shape index (κ2) is 7.69. The predicted octanol–water partition coefficient (Wildman–Crippen LogP) is 3.80. The van der Waals surface area contributed by atoms with Crippen LogP contribution in [-0.2, 0) is 9.53 Å². The van der Waals surface area contributed by atoms with Crippen LogP contribution in [0, 0.1) is 5.82 Å². The molecule has 0 heterocycles. The first kappa shape index (κ1) is 16.9. The Hall–Kier alpha value is -2.47. The first-order valence-corrected chi connectivity index (χ1v) is 7.19. The lowest BCUT2D eigenvalue weighted by molar-refractivity contribution is -0.145. The summed E-state index contributed by atoms with van der Waals surface area (Å²) in [5.74, 6) is -0.317. The second-order valence-electron chi connectivity index (χ2n) is 4.45. The van der Waals surface area contributed by atoms with Gasteiger partial charge >= 0.3 is 5.97 Å². The smallest absolute Gasteiger partial charge is 0.344 e. The van der Waals surface area contributed by atoms with Gasteiger partial charge in [-0.05, 0) is 25.1 Å². The largest absolute Gasteiger partial charge is 0.478 e. The van der Waals surface area contributed by atoms with E-state index in [2.05, 4.69) is 0 Å². The molecule has 2 aromatic rings. The molecule has 0 aliphatic carbocycles. The van der Waals surface area contributed by atoms with Gasteiger partial charge in [-0.1, -0.05) is 23.7 Å². The quantitative estimate of drug-likeness (QED) is 0.640. The molecule has 2 rings (SSSR count). The van der Waals surface area contributed by atoms with Crippen LogP contribution in [0.15, 0.2) is 36.4 Å². The van der Waals surface area contributed by atoms with Crippen LogP contribution in [0.1, 0.15) is 6.92 Å². The van der Waals surface area contributed by atoms with E-state index in [0.29, 0.717) is 11.5 Å². The topological polar surface area (TPSA) is 70.8 Å². The number of anilines is 1. The van der Waals surface area contributed by atoms with Gasteiger partial charge in [0.1, 0.15) is 11.6 Å². The third kappa shape index (κ3) is 4.50. The van der Waals surface area contributed by atoms with Crippen LogP contribution in [0.4, 0.5) is 10.1 Å². The summed E-state index contributed by atoms with van der Waals surface area (Å²) in [5.41, 5.74) is 5.42. The van der Waals surface area contributed by atoms with Gasteiger partial charge in [-0.25, -0.2) is 9.18 Å². The van der Waals surface area contributed by atoms with Crippen LogP contribution >= 0.6 is 11.6 Å². The molecule has 0 bridgehead atoms. The number of carbonyl (C=O) groups is 1. The van der Waals surface area contributed by atoms with Crippen molar-refractivity contribution in [2.24, 2.45) is 0 Å². The van der Waals surface area contributed by atoms with E-state index in [0.717, 1.165) is 6.07 Å². The van der Waals surface area contributed by atoms with Crippen molar-refractivity contribution < 1.29 is 23.4 Å². The summed E-state index contributed by atoms with van der Waals surface area (Å²) >= 11 is 5.94. The molecule has 2 N–H and O–H groups in total. The van der Waals surface area contributed by atoms with Crippen LogP contribution in [0.25, 0.3) is 0 Å². The SMILES string of the molecule is CCOC(=O)COc1ccccc1Oc1cc(N)c(F)cc1Cl. The van der Waals surface area contributed by atoms with Crippen LogP contribution in [-0.4, -0.2) is 19.2 Å². The summed E-state index contributed by atoms with van der Waals surface area (Å²) in [6.07, 6.45) is 0. The van der Waals surface area contributed by atoms with Gasteiger partial charge in [0, 0.05) is 6.07 Å². The molecule has 5 nitrogen and oxygen atoms in total. The lowest BCUT2D eigenvalue weighted by Crippen LogP contribution is -2.14. The minimum Gasteiger partial charge on any atom is -0.478 e. The zero-order valence-electron chi connectivity index (χ0n) is 12.3. The Morgan fingerprint density at radius 3 is 2.61 bits per heavy atom.